The topological polar surface area (TPSA) is 63.4 Å². The molecule has 2 saturated heterocycles. The third-order valence-electron chi connectivity index (χ3n) is 5.95. The molecule has 3 aromatic rings. The number of carbonyl (C=O) groups is 1. The second-order valence-corrected chi connectivity index (χ2v) is 7.58. The van der Waals surface area contributed by atoms with E-state index in [1.165, 1.54) is 5.56 Å². The first-order chi connectivity index (χ1) is 13.8. The lowest BCUT2D eigenvalue weighted by molar-refractivity contribution is 0.0546. The van der Waals surface area contributed by atoms with Crippen LogP contribution in [-0.4, -0.2) is 53.0 Å². The summed E-state index contributed by atoms with van der Waals surface area (Å²) in [6, 6.07) is 18.7. The quantitative estimate of drug-likeness (QED) is 0.658. The second kappa shape index (κ2) is 7.39. The zero-order valence-electron chi connectivity index (χ0n) is 15.8. The van der Waals surface area contributed by atoms with Gasteiger partial charge >= 0.3 is 0 Å². The number of benzene rings is 2. The van der Waals surface area contributed by atoms with Gasteiger partial charge in [0.1, 0.15) is 0 Å². The molecule has 2 aliphatic rings. The molecule has 3 N–H and O–H groups in total. The molecular weight excluding hydrogens is 350 g/mol. The summed E-state index contributed by atoms with van der Waals surface area (Å²) in [5, 5.41) is 1.00. The van der Waals surface area contributed by atoms with Gasteiger partial charge in [-0.2, -0.15) is 0 Å². The van der Waals surface area contributed by atoms with Crippen LogP contribution in [0.2, 0.25) is 0 Å². The first kappa shape index (κ1) is 17.4. The summed E-state index contributed by atoms with van der Waals surface area (Å²) < 4.78 is 0. The van der Waals surface area contributed by atoms with E-state index in [-0.39, 0.29) is 5.91 Å². The van der Waals surface area contributed by atoms with Gasteiger partial charge in [0.15, 0.2) is 0 Å². The van der Waals surface area contributed by atoms with Gasteiger partial charge < -0.3 is 9.88 Å². The highest BCUT2D eigenvalue weighted by Crippen LogP contribution is 2.25. The van der Waals surface area contributed by atoms with Crippen LogP contribution < -0.4 is 10.9 Å². The molecule has 0 bridgehead atoms. The third-order valence-corrected chi connectivity index (χ3v) is 5.95. The Bertz CT molecular complexity index is 961. The number of nitrogens with zero attached hydrogens (tertiary/aromatic N) is 2. The largest absolute Gasteiger partial charge is 0.361 e. The Morgan fingerprint density at radius 3 is 2.54 bits per heavy atom. The number of H-pyrrole nitrogens is 1. The van der Waals surface area contributed by atoms with Gasteiger partial charge in [-0.1, -0.05) is 36.4 Å². The Kier molecular flexibility index (Phi) is 4.60. The highest BCUT2D eigenvalue weighted by molar-refractivity contribution is 6.06. The van der Waals surface area contributed by atoms with Gasteiger partial charge in [0.25, 0.3) is 5.91 Å². The Morgan fingerprint density at radius 2 is 1.71 bits per heavy atom. The fraction of sp³-hybridized carbons (Fsp3) is 0.318. The number of carbonyl (C=O) groups excluding carboxylic acids is 1. The minimum Gasteiger partial charge on any atom is -0.361 e. The number of nitrogens with one attached hydrogen (secondary N) is 3. The summed E-state index contributed by atoms with van der Waals surface area (Å²) in [5.74, 6) is 0.129. The maximum atomic E-state index is 13.0. The van der Waals surface area contributed by atoms with E-state index in [4.69, 9.17) is 0 Å². The van der Waals surface area contributed by atoms with Gasteiger partial charge in [-0.3, -0.25) is 9.69 Å². The number of amides is 1. The number of fused-ring (bicyclic) bond motifs is 1. The smallest absolute Gasteiger partial charge is 0.254 e. The average Bonchev–Trinajstić information content (AvgIpc) is 3.43. The molecule has 6 nitrogen and oxygen atoms in total. The van der Waals surface area contributed by atoms with Crippen molar-refractivity contribution < 1.29 is 4.79 Å². The number of aromatic amines is 1. The van der Waals surface area contributed by atoms with E-state index in [0.717, 1.165) is 49.1 Å². The maximum absolute atomic E-state index is 13.0. The van der Waals surface area contributed by atoms with Crippen LogP contribution in [0.5, 0.6) is 0 Å². The van der Waals surface area contributed by atoms with E-state index >= 15 is 0 Å². The Labute approximate surface area is 164 Å². The lowest BCUT2D eigenvalue weighted by atomic mass is 10.0. The number of hydrogen-bond acceptors (Lipinski definition) is 4. The fourth-order valence-electron chi connectivity index (χ4n) is 4.36. The predicted molar refractivity (Wildman–Crippen MR) is 110 cm³/mol. The van der Waals surface area contributed by atoms with Gasteiger partial charge in [0.05, 0.1) is 6.17 Å². The lowest BCUT2D eigenvalue weighted by Gasteiger charge is -2.37. The molecule has 1 amide bonds. The minimum absolute atomic E-state index is 0.129. The van der Waals surface area contributed by atoms with Crippen molar-refractivity contribution >= 4 is 16.8 Å². The highest BCUT2D eigenvalue weighted by atomic mass is 16.2. The Hall–Kier alpha value is -2.67. The Balaban J connectivity index is 1.21. The molecule has 144 valence electrons. The molecule has 0 spiro atoms. The van der Waals surface area contributed by atoms with Gasteiger partial charge in [-0.25, -0.2) is 10.9 Å². The molecule has 3 heterocycles. The summed E-state index contributed by atoms with van der Waals surface area (Å²) in [4.78, 5) is 20.7. The molecule has 0 aliphatic carbocycles. The molecule has 2 unspecified atom stereocenters. The molecule has 2 aromatic carbocycles. The van der Waals surface area contributed by atoms with Crippen LogP contribution >= 0.6 is 0 Å². The zero-order chi connectivity index (χ0) is 18.9. The van der Waals surface area contributed by atoms with Crippen molar-refractivity contribution in [1.82, 2.24) is 25.6 Å². The first-order valence-corrected chi connectivity index (χ1v) is 9.95. The maximum Gasteiger partial charge on any atom is 0.254 e. The van der Waals surface area contributed by atoms with Crippen molar-refractivity contribution in [2.75, 3.05) is 26.2 Å². The molecule has 1 aromatic heterocycles. The first-order valence-electron chi connectivity index (χ1n) is 9.95. The van der Waals surface area contributed by atoms with Crippen molar-refractivity contribution in [2.45, 2.75) is 18.6 Å². The third kappa shape index (κ3) is 3.20. The molecule has 28 heavy (non-hydrogen) atoms. The average molecular weight is 375 g/mol. The van der Waals surface area contributed by atoms with Crippen molar-refractivity contribution in [3.05, 3.63) is 71.9 Å². The summed E-state index contributed by atoms with van der Waals surface area (Å²) in [6.07, 6.45) is 3.22. The van der Waals surface area contributed by atoms with Crippen LogP contribution in [0, 0.1) is 0 Å². The minimum atomic E-state index is 0.129. The van der Waals surface area contributed by atoms with Gasteiger partial charge in [-0.15, -0.1) is 0 Å². The molecule has 0 radical (unpaired) electrons. The fourth-order valence-corrected chi connectivity index (χ4v) is 4.36. The van der Waals surface area contributed by atoms with Crippen LogP contribution in [0.25, 0.3) is 10.9 Å². The van der Waals surface area contributed by atoms with E-state index in [0.29, 0.717) is 12.2 Å². The van der Waals surface area contributed by atoms with Crippen LogP contribution in [-0.2, 0) is 0 Å². The number of hydrazine groups is 1. The van der Waals surface area contributed by atoms with E-state index in [1.807, 2.05) is 41.4 Å². The number of hydrogen-bond donors (Lipinski definition) is 3. The lowest BCUT2D eigenvalue weighted by Crippen LogP contribution is -2.55. The summed E-state index contributed by atoms with van der Waals surface area (Å²) >= 11 is 0. The molecule has 5 rings (SSSR count). The number of rotatable bonds is 3. The van der Waals surface area contributed by atoms with Gasteiger partial charge in [-0.05, 0) is 30.2 Å². The van der Waals surface area contributed by atoms with E-state index < -0.39 is 0 Å². The summed E-state index contributed by atoms with van der Waals surface area (Å²) in [5.41, 5.74) is 9.97. The molecule has 2 fully saturated rings. The van der Waals surface area contributed by atoms with Crippen molar-refractivity contribution in [2.24, 2.45) is 0 Å². The van der Waals surface area contributed by atoms with Gasteiger partial charge in [0, 0.05) is 54.9 Å². The molecule has 0 saturated carbocycles. The van der Waals surface area contributed by atoms with Crippen LogP contribution in [0.1, 0.15) is 28.4 Å². The predicted octanol–water partition coefficient (Wildman–Crippen LogP) is 2.49. The SMILES string of the molecule is O=C(c1cccc2[nH]ccc12)N1CCN(C2CC(c3ccccc3)NN2)CC1. The molecule has 2 atom stereocenters. The van der Waals surface area contributed by atoms with E-state index in [2.05, 4.69) is 45.0 Å². The Morgan fingerprint density at radius 1 is 0.893 bits per heavy atom. The van der Waals surface area contributed by atoms with E-state index in [1.54, 1.807) is 0 Å². The zero-order valence-corrected chi connectivity index (χ0v) is 15.8. The monoisotopic (exact) mass is 375 g/mol. The van der Waals surface area contributed by atoms with Crippen LogP contribution in [0.3, 0.4) is 0 Å². The van der Waals surface area contributed by atoms with Crippen molar-refractivity contribution in [3.8, 4) is 0 Å². The van der Waals surface area contributed by atoms with Crippen molar-refractivity contribution in [3.63, 3.8) is 0 Å². The number of aromatic nitrogens is 1. The van der Waals surface area contributed by atoms with Crippen molar-refractivity contribution in [1.29, 1.82) is 0 Å². The normalized spacial score (nSPS) is 23.4. The second-order valence-electron chi connectivity index (χ2n) is 7.58. The molecule has 2 aliphatic heterocycles. The van der Waals surface area contributed by atoms with Crippen LogP contribution in [0.15, 0.2) is 60.8 Å². The standard InChI is InChI=1S/C22H25N5O/c28-22(18-7-4-8-19-17(18)9-10-23-19)27-13-11-26(12-14-27)21-15-20(24-25-21)16-5-2-1-3-6-16/h1-10,20-21,23-25H,11-15H2. The molecule has 6 heteroatoms. The molecular formula is C22H25N5O. The highest BCUT2D eigenvalue weighted by Gasteiger charge is 2.32. The van der Waals surface area contributed by atoms with Crippen LogP contribution in [0.4, 0.5) is 0 Å². The summed E-state index contributed by atoms with van der Waals surface area (Å²) in [6.45, 7) is 3.28. The summed E-state index contributed by atoms with van der Waals surface area (Å²) in [7, 11) is 0. The van der Waals surface area contributed by atoms with Gasteiger partial charge in [0.2, 0.25) is 0 Å². The number of piperazine rings is 1. The van der Waals surface area contributed by atoms with E-state index in [9.17, 15) is 4.79 Å².